The predicted octanol–water partition coefficient (Wildman–Crippen LogP) is 0.662. The van der Waals surface area contributed by atoms with Gasteiger partial charge in [0, 0.05) is 39.8 Å². The molecule has 120 valence electrons. The lowest BCUT2D eigenvalue weighted by Gasteiger charge is -2.35. The summed E-state index contributed by atoms with van der Waals surface area (Å²) >= 11 is 0. The lowest BCUT2D eigenvalue weighted by molar-refractivity contribution is -0.0671. The van der Waals surface area contributed by atoms with Gasteiger partial charge in [0.2, 0.25) is 0 Å². The Balaban J connectivity index is 2.32. The Labute approximate surface area is 123 Å². The molecule has 1 fully saturated rings. The summed E-state index contributed by atoms with van der Waals surface area (Å²) in [4.78, 5) is 2.24. The molecule has 0 aromatic heterocycles. The van der Waals surface area contributed by atoms with Gasteiger partial charge in [-0.1, -0.05) is 13.3 Å². The maximum absolute atomic E-state index is 12.0. The van der Waals surface area contributed by atoms with Gasteiger partial charge in [0.15, 0.2) is 0 Å². The minimum Gasteiger partial charge on any atom is -0.373 e. The highest BCUT2D eigenvalue weighted by Gasteiger charge is 2.22. The number of morpholine rings is 1. The Bertz CT molecular complexity index is 365. The maximum atomic E-state index is 12.0. The largest absolute Gasteiger partial charge is 0.373 e. The number of hydrogen-bond acceptors (Lipinski definition) is 4. The molecule has 20 heavy (non-hydrogen) atoms. The van der Waals surface area contributed by atoms with Crippen molar-refractivity contribution in [3.05, 3.63) is 0 Å². The monoisotopic (exact) mass is 307 g/mol. The molecule has 1 aliphatic heterocycles. The summed E-state index contributed by atoms with van der Waals surface area (Å²) in [6.07, 6.45) is 2.30. The van der Waals surface area contributed by atoms with E-state index in [1.807, 2.05) is 13.8 Å². The van der Waals surface area contributed by atoms with Crippen LogP contribution in [0.1, 0.15) is 33.6 Å². The van der Waals surface area contributed by atoms with Crippen molar-refractivity contribution < 1.29 is 13.2 Å². The van der Waals surface area contributed by atoms with Crippen molar-refractivity contribution in [2.75, 3.05) is 39.8 Å². The van der Waals surface area contributed by atoms with E-state index in [-0.39, 0.29) is 12.2 Å². The van der Waals surface area contributed by atoms with Crippen LogP contribution in [0.5, 0.6) is 0 Å². The average molecular weight is 307 g/mol. The van der Waals surface area contributed by atoms with Crippen molar-refractivity contribution in [3.8, 4) is 0 Å². The Morgan fingerprint density at radius 2 is 1.90 bits per heavy atom. The van der Waals surface area contributed by atoms with Crippen molar-refractivity contribution >= 4 is 10.2 Å². The number of unbranched alkanes of at least 4 members (excludes halogenated alkanes) is 1. The van der Waals surface area contributed by atoms with E-state index in [4.69, 9.17) is 4.74 Å². The van der Waals surface area contributed by atoms with E-state index < -0.39 is 10.2 Å². The quantitative estimate of drug-likeness (QED) is 0.716. The van der Waals surface area contributed by atoms with Crippen LogP contribution in [-0.2, 0) is 14.9 Å². The van der Waals surface area contributed by atoms with Crippen LogP contribution in [0.2, 0.25) is 0 Å². The Morgan fingerprint density at radius 3 is 2.45 bits per heavy atom. The number of rotatable bonds is 8. The summed E-state index contributed by atoms with van der Waals surface area (Å²) in [5, 5.41) is 0. The SMILES string of the molecule is CCCCN(C)S(=O)(=O)NCCN1C[C@@H](C)O[C@@H](C)C1. The first-order valence-corrected chi connectivity index (χ1v) is 8.88. The number of ether oxygens (including phenoxy) is 1. The number of nitrogens with one attached hydrogen (secondary N) is 1. The number of hydrogen-bond donors (Lipinski definition) is 1. The van der Waals surface area contributed by atoms with Gasteiger partial charge in [0.1, 0.15) is 0 Å². The highest BCUT2D eigenvalue weighted by atomic mass is 32.2. The standard InChI is InChI=1S/C13H29N3O3S/c1-5-6-8-15(4)20(17,18)14-7-9-16-10-12(2)19-13(3)11-16/h12-14H,5-11H2,1-4H3/t12-,13+. The first kappa shape index (κ1) is 17.8. The number of nitrogens with zero attached hydrogens (tertiary/aromatic N) is 2. The molecule has 6 nitrogen and oxygen atoms in total. The third-order valence-corrected chi connectivity index (χ3v) is 5.02. The first-order chi connectivity index (χ1) is 9.35. The normalized spacial score (nSPS) is 25.2. The van der Waals surface area contributed by atoms with Crippen LogP contribution in [0.25, 0.3) is 0 Å². The fourth-order valence-electron chi connectivity index (χ4n) is 2.41. The van der Waals surface area contributed by atoms with Gasteiger partial charge >= 0.3 is 0 Å². The Hall–Kier alpha value is -0.210. The fraction of sp³-hybridized carbons (Fsp3) is 1.00. The van der Waals surface area contributed by atoms with Crippen molar-refractivity contribution in [2.24, 2.45) is 0 Å². The summed E-state index contributed by atoms with van der Waals surface area (Å²) in [7, 11) is -1.71. The molecule has 0 radical (unpaired) electrons. The lowest BCUT2D eigenvalue weighted by Crippen LogP contribution is -2.49. The second-order valence-corrected chi connectivity index (χ2v) is 7.45. The molecule has 7 heteroatoms. The van der Waals surface area contributed by atoms with Gasteiger partial charge in [-0.3, -0.25) is 4.90 Å². The maximum Gasteiger partial charge on any atom is 0.279 e. The van der Waals surface area contributed by atoms with E-state index in [2.05, 4.69) is 16.5 Å². The van der Waals surface area contributed by atoms with Crippen molar-refractivity contribution in [1.29, 1.82) is 0 Å². The van der Waals surface area contributed by atoms with E-state index in [1.54, 1.807) is 7.05 Å². The van der Waals surface area contributed by atoms with Gasteiger partial charge in [-0.2, -0.15) is 12.7 Å². The van der Waals surface area contributed by atoms with Crippen LogP contribution in [-0.4, -0.2) is 69.6 Å². The van der Waals surface area contributed by atoms with Gasteiger partial charge in [-0.15, -0.1) is 0 Å². The summed E-state index contributed by atoms with van der Waals surface area (Å²) < 4.78 is 33.7. The van der Waals surface area contributed by atoms with Crippen molar-refractivity contribution in [1.82, 2.24) is 13.9 Å². The molecular weight excluding hydrogens is 278 g/mol. The minimum atomic E-state index is -3.33. The molecule has 1 heterocycles. The van der Waals surface area contributed by atoms with E-state index in [9.17, 15) is 8.42 Å². The molecule has 0 unspecified atom stereocenters. The van der Waals surface area contributed by atoms with Gasteiger partial charge in [0.05, 0.1) is 12.2 Å². The molecule has 1 aliphatic rings. The van der Waals surface area contributed by atoms with Crippen LogP contribution < -0.4 is 4.72 Å². The van der Waals surface area contributed by atoms with Crippen LogP contribution in [0.15, 0.2) is 0 Å². The molecular formula is C13H29N3O3S. The van der Waals surface area contributed by atoms with E-state index in [0.29, 0.717) is 13.1 Å². The Kier molecular flexibility index (Phi) is 7.39. The molecule has 0 bridgehead atoms. The molecule has 0 amide bonds. The van der Waals surface area contributed by atoms with Crippen LogP contribution >= 0.6 is 0 Å². The van der Waals surface area contributed by atoms with Crippen LogP contribution in [0, 0.1) is 0 Å². The van der Waals surface area contributed by atoms with Crippen LogP contribution in [0.4, 0.5) is 0 Å². The zero-order valence-electron chi connectivity index (χ0n) is 13.1. The first-order valence-electron chi connectivity index (χ1n) is 7.44. The van der Waals surface area contributed by atoms with E-state index in [1.165, 1.54) is 4.31 Å². The third-order valence-electron chi connectivity index (χ3n) is 3.44. The molecule has 2 atom stereocenters. The predicted molar refractivity (Wildman–Crippen MR) is 80.9 cm³/mol. The summed E-state index contributed by atoms with van der Waals surface area (Å²) in [6, 6.07) is 0. The Morgan fingerprint density at radius 1 is 1.30 bits per heavy atom. The summed E-state index contributed by atoms with van der Waals surface area (Å²) in [6.45, 7) is 9.59. The molecule has 0 aromatic carbocycles. The average Bonchev–Trinajstić information content (AvgIpc) is 2.34. The molecule has 0 spiro atoms. The second kappa shape index (κ2) is 8.29. The fourth-order valence-corrected chi connectivity index (χ4v) is 3.35. The lowest BCUT2D eigenvalue weighted by atomic mass is 10.2. The molecule has 1 saturated heterocycles. The highest BCUT2D eigenvalue weighted by molar-refractivity contribution is 7.87. The topological polar surface area (TPSA) is 61.9 Å². The van der Waals surface area contributed by atoms with Gasteiger partial charge in [-0.05, 0) is 20.3 Å². The molecule has 0 aliphatic carbocycles. The molecule has 1 N–H and O–H groups in total. The molecule has 1 rings (SSSR count). The summed E-state index contributed by atoms with van der Waals surface area (Å²) in [5.74, 6) is 0. The zero-order chi connectivity index (χ0) is 15.2. The summed E-state index contributed by atoms with van der Waals surface area (Å²) in [5.41, 5.74) is 0. The zero-order valence-corrected chi connectivity index (χ0v) is 13.9. The molecule has 0 saturated carbocycles. The second-order valence-electron chi connectivity index (χ2n) is 5.59. The smallest absolute Gasteiger partial charge is 0.279 e. The van der Waals surface area contributed by atoms with E-state index in [0.717, 1.165) is 32.5 Å². The van der Waals surface area contributed by atoms with Crippen LogP contribution in [0.3, 0.4) is 0 Å². The van der Waals surface area contributed by atoms with Gasteiger partial charge in [-0.25, -0.2) is 4.72 Å². The van der Waals surface area contributed by atoms with Gasteiger partial charge < -0.3 is 4.74 Å². The van der Waals surface area contributed by atoms with Crippen molar-refractivity contribution in [2.45, 2.75) is 45.8 Å². The molecule has 0 aromatic rings. The minimum absolute atomic E-state index is 0.211. The van der Waals surface area contributed by atoms with Crippen molar-refractivity contribution in [3.63, 3.8) is 0 Å². The van der Waals surface area contributed by atoms with Gasteiger partial charge in [0.25, 0.3) is 10.2 Å². The van der Waals surface area contributed by atoms with E-state index >= 15 is 0 Å². The highest BCUT2D eigenvalue weighted by Crippen LogP contribution is 2.09. The third kappa shape index (κ3) is 6.05.